The van der Waals surface area contributed by atoms with Crippen molar-refractivity contribution in [3.05, 3.63) is 0 Å². The van der Waals surface area contributed by atoms with Gasteiger partial charge in [-0.05, 0) is 38.0 Å². The van der Waals surface area contributed by atoms with Crippen molar-refractivity contribution < 1.29 is 9.84 Å². The van der Waals surface area contributed by atoms with E-state index in [1.807, 2.05) is 0 Å². The fraction of sp³-hybridized carbons (Fsp3) is 1.00. The van der Waals surface area contributed by atoms with Crippen LogP contribution in [0.4, 0.5) is 0 Å². The van der Waals surface area contributed by atoms with Gasteiger partial charge < -0.3 is 9.84 Å². The molecule has 0 aromatic rings. The number of ether oxygens (including phenoxy) is 1. The Labute approximate surface area is 105 Å². The summed E-state index contributed by atoms with van der Waals surface area (Å²) in [6.45, 7) is 8.83. The van der Waals surface area contributed by atoms with Crippen molar-refractivity contribution in [1.29, 1.82) is 0 Å². The zero-order valence-electron chi connectivity index (χ0n) is 11.4. The van der Waals surface area contributed by atoms with Crippen molar-refractivity contribution in [3.63, 3.8) is 0 Å². The topological polar surface area (TPSA) is 32.7 Å². The molecule has 1 N–H and O–H groups in total. The minimum Gasteiger partial charge on any atom is -0.394 e. The predicted octanol–water partition coefficient (Wildman–Crippen LogP) is 1.89. The molecule has 2 aliphatic rings. The summed E-state index contributed by atoms with van der Waals surface area (Å²) in [5.74, 6) is 1.70. The first-order valence-corrected chi connectivity index (χ1v) is 7.10. The lowest BCUT2D eigenvalue weighted by molar-refractivity contribution is -0.0986. The van der Waals surface area contributed by atoms with Crippen LogP contribution in [0, 0.1) is 11.8 Å². The molecule has 1 heterocycles. The van der Waals surface area contributed by atoms with Gasteiger partial charge in [0.2, 0.25) is 0 Å². The first-order valence-electron chi connectivity index (χ1n) is 7.10. The highest BCUT2D eigenvalue weighted by Crippen LogP contribution is 2.33. The minimum absolute atomic E-state index is 0.0286. The Morgan fingerprint density at radius 3 is 2.59 bits per heavy atom. The molecule has 1 aliphatic heterocycles. The van der Waals surface area contributed by atoms with E-state index in [0.29, 0.717) is 12.1 Å². The summed E-state index contributed by atoms with van der Waals surface area (Å²) in [4.78, 5) is 2.58. The Balaban J connectivity index is 1.95. The number of aliphatic hydroxyl groups excluding tert-OH is 1. The maximum absolute atomic E-state index is 9.24. The summed E-state index contributed by atoms with van der Waals surface area (Å²) in [7, 11) is 0. The molecule has 1 saturated carbocycles. The molecule has 100 valence electrons. The van der Waals surface area contributed by atoms with E-state index in [2.05, 4.69) is 25.7 Å². The molecule has 5 atom stereocenters. The molecule has 2 fully saturated rings. The van der Waals surface area contributed by atoms with Crippen molar-refractivity contribution in [2.45, 2.75) is 58.2 Å². The molecule has 3 nitrogen and oxygen atoms in total. The van der Waals surface area contributed by atoms with E-state index in [1.54, 1.807) is 0 Å². The molecule has 0 spiro atoms. The van der Waals surface area contributed by atoms with Crippen LogP contribution >= 0.6 is 0 Å². The van der Waals surface area contributed by atoms with Gasteiger partial charge in [-0.2, -0.15) is 0 Å². The number of aliphatic hydroxyl groups is 1. The Kier molecular flexibility index (Phi) is 4.45. The summed E-state index contributed by atoms with van der Waals surface area (Å²) in [6, 6.07) is 1.21. The normalized spacial score (nSPS) is 44.8. The van der Waals surface area contributed by atoms with Crippen LogP contribution < -0.4 is 0 Å². The number of morpholine rings is 1. The Hall–Kier alpha value is -0.120. The van der Waals surface area contributed by atoms with Crippen molar-refractivity contribution >= 4 is 0 Å². The lowest BCUT2D eigenvalue weighted by Gasteiger charge is -2.46. The highest BCUT2D eigenvalue weighted by Gasteiger charge is 2.34. The van der Waals surface area contributed by atoms with Crippen LogP contribution in [0.3, 0.4) is 0 Å². The summed E-state index contributed by atoms with van der Waals surface area (Å²) >= 11 is 0. The van der Waals surface area contributed by atoms with E-state index in [9.17, 15) is 5.11 Å². The first kappa shape index (κ1) is 13.3. The van der Waals surface area contributed by atoms with E-state index in [-0.39, 0.29) is 12.7 Å². The first-order chi connectivity index (χ1) is 8.11. The highest BCUT2D eigenvalue weighted by molar-refractivity contribution is 4.87. The van der Waals surface area contributed by atoms with Crippen LogP contribution in [0.5, 0.6) is 0 Å². The smallest absolute Gasteiger partial charge is 0.0933 e. The Morgan fingerprint density at radius 1 is 1.18 bits per heavy atom. The summed E-state index contributed by atoms with van der Waals surface area (Å²) in [6.07, 6.45) is 4.00. The number of hydrogen-bond donors (Lipinski definition) is 1. The molecule has 0 aromatic heterocycles. The predicted molar refractivity (Wildman–Crippen MR) is 69.0 cm³/mol. The van der Waals surface area contributed by atoms with Gasteiger partial charge in [0.1, 0.15) is 0 Å². The van der Waals surface area contributed by atoms with Crippen LogP contribution in [-0.2, 0) is 4.74 Å². The van der Waals surface area contributed by atoms with Crippen LogP contribution in [0.2, 0.25) is 0 Å². The molecule has 0 bridgehead atoms. The third kappa shape index (κ3) is 3.01. The molecule has 0 amide bonds. The molecule has 2 rings (SSSR count). The fourth-order valence-electron chi connectivity index (χ4n) is 3.28. The molecule has 1 aliphatic carbocycles. The molecule has 0 aromatic carbocycles. The second-order valence-electron chi connectivity index (χ2n) is 6.11. The van der Waals surface area contributed by atoms with E-state index in [0.717, 1.165) is 25.0 Å². The van der Waals surface area contributed by atoms with Gasteiger partial charge in [0, 0.05) is 18.6 Å². The van der Waals surface area contributed by atoms with Gasteiger partial charge in [-0.3, -0.25) is 4.90 Å². The molecular formula is C14H27NO2. The lowest BCUT2D eigenvalue weighted by Crippen LogP contribution is -2.55. The molecule has 3 heteroatoms. The van der Waals surface area contributed by atoms with E-state index in [1.165, 1.54) is 19.3 Å². The minimum atomic E-state index is 0.0286. The van der Waals surface area contributed by atoms with E-state index in [4.69, 9.17) is 4.74 Å². The van der Waals surface area contributed by atoms with Crippen molar-refractivity contribution in [1.82, 2.24) is 4.90 Å². The van der Waals surface area contributed by atoms with Gasteiger partial charge in [-0.25, -0.2) is 0 Å². The van der Waals surface area contributed by atoms with Gasteiger partial charge in [0.05, 0.1) is 19.3 Å². The Bertz CT molecular complexity index is 246. The van der Waals surface area contributed by atoms with Gasteiger partial charge in [-0.1, -0.05) is 13.8 Å². The monoisotopic (exact) mass is 241 g/mol. The van der Waals surface area contributed by atoms with E-state index >= 15 is 0 Å². The number of rotatable bonds is 2. The molecule has 5 unspecified atom stereocenters. The van der Waals surface area contributed by atoms with Crippen molar-refractivity contribution in [3.8, 4) is 0 Å². The summed E-state index contributed by atoms with van der Waals surface area (Å²) in [5.41, 5.74) is 0. The van der Waals surface area contributed by atoms with Crippen LogP contribution in [0.25, 0.3) is 0 Å². The SMILES string of the molecule is CC1CCC(N2CC(CO)OCC2C)CC1C. The third-order valence-corrected chi connectivity index (χ3v) is 4.80. The quantitative estimate of drug-likeness (QED) is 0.801. The molecule has 0 radical (unpaired) electrons. The van der Waals surface area contributed by atoms with Crippen LogP contribution in [0.1, 0.15) is 40.0 Å². The van der Waals surface area contributed by atoms with Gasteiger partial charge in [-0.15, -0.1) is 0 Å². The maximum atomic E-state index is 9.24. The zero-order chi connectivity index (χ0) is 12.4. The van der Waals surface area contributed by atoms with Gasteiger partial charge >= 0.3 is 0 Å². The molecular weight excluding hydrogens is 214 g/mol. The average molecular weight is 241 g/mol. The van der Waals surface area contributed by atoms with E-state index < -0.39 is 0 Å². The summed E-state index contributed by atoms with van der Waals surface area (Å²) < 4.78 is 5.62. The lowest BCUT2D eigenvalue weighted by atomic mass is 9.78. The second-order valence-corrected chi connectivity index (χ2v) is 6.11. The molecule has 1 saturated heterocycles. The maximum Gasteiger partial charge on any atom is 0.0933 e. The van der Waals surface area contributed by atoms with Crippen LogP contribution in [-0.4, -0.2) is 48.0 Å². The van der Waals surface area contributed by atoms with Crippen LogP contribution in [0.15, 0.2) is 0 Å². The average Bonchev–Trinajstić information content (AvgIpc) is 2.33. The number of hydrogen-bond acceptors (Lipinski definition) is 3. The van der Waals surface area contributed by atoms with Gasteiger partial charge in [0.15, 0.2) is 0 Å². The second kappa shape index (κ2) is 5.68. The summed E-state index contributed by atoms with van der Waals surface area (Å²) in [5, 5.41) is 9.24. The molecule has 17 heavy (non-hydrogen) atoms. The van der Waals surface area contributed by atoms with Crippen molar-refractivity contribution in [2.75, 3.05) is 19.8 Å². The van der Waals surface area contributed by atoms with Crippen molar-refractivity contribution in [2.24, 2.45) is 11.8 Å². The Morgan fingerprint density at radius 2 is 1.94 bits per heavy atom. The highest BCUT2D eigenvalue weighted by atomic mass is 16.5. The largest absolute Gasteiger partial charge is 0.394 e. The standard InChI is InChI=1S/C14H27NO2/c1-10-4-5-13(6-11(10)2)15-7-14(8-16)17-9-12(15)3/h10-14,16H,4-9H2,1-3H3. The van der Waals surface area contributed by atoms with Gasteiger partial charge in [0.25, 0.3) is 0 Å². The third-order valence-electron chi connectivity index (χ3n) is 4.80. The fourth-order valence-corrected chi connectivity index (χ4v) is 3.28. The zero-order valence-corrected chi connectivity index (χ0v) is 11.4. The number of nitrogens with zero attached hydrogens (tertiary/aromatic N) is 1.